The molecule has 0 radical (unpaired) electrons. The van der Waals surface area contributed by atoms with Gasteiger partial charge in [-0.2, -0.15) is 0 Å². The van der Waals surface area contributed by atoms with Crippen molar-refractivity contribution in [2.24, 2.45) is 5.73 Å². The molecule has 0 aliphatic heterocycles. The number of nitrogens with zero attached hydrogens (tertiary/aromatic N) is 2. The van der Waals surface area contributed by atoms with E-state index >= 15 is 0 Å². The summed E-state index contributed by atoms with van der Waals surface area (Å²) >= 11 is 0. The SMILES string of the molecule is CCCn1cncc1C(O)C(N)C(=O)OCC. The molecule has 96 valence electrons. The fourth-order valence-electron chi connectivity index (χ4n) is 1.56. The van der Waals surface area contributed by atoms with E-state index in [4.69, 9.17) is 10.5 Å². The van der Waals surface area contributed by atoms with Gasteiger partial charge in [0, 0.05) is 6.54 Å². The van der Waals surface area contributed by atoms with Crippen molar-refractivity contribution in [1.29, 1.82) is 0 Å². The van der Waals surface area contributed by atoms with Crippen molar-refractivity contribution in [1.82, 2.24) is 9.55 Å². The van der Waals surface area contributed by atoms with Gasteiger partial charge in [0.05, 0.1) is 24.8 Å². The number of esters is 1. The predicted molar refractivity (Wildman–Crippen MR) is 62.1 cm³/mol. The van der Waals surface area contributed by atoms with Gasteiger partial charge < -0.3 is 20.1 Å². The molecule has 1 heterocycles. The van der Waals surface area contributed by atoms with Gasteiger partial charge in [-0.3, -0.25) is 4.79 Å². The normalized spacial score (nSPS) is 14.4. The first-order valence-electron chi connectivity index (χ1n) is 5.72. The Labute approximate surface area is 100 Å². The average molecular weight is 241 g/mol. The molecule has 2 atom stereocenters. The van der Waals surface area contributed by atoms with Gasteiger partial charge in [-0.1, -0.05) is 6.92 Å². The van der Waals surface area contributed by atoms with Crippen LogP contribution < -0.4 is 5.73 Å². The van der Waals surface area contributed by atoms with E-state index in [1.807, 2.05) is 6.92 Å². The Balaban J connectivity index is 2.77. The molecular formula is C11H19N3O3. The maximum Gasteiger partial charge on any atom is 0.326 e. The summed E-state index contributed by atoms with van der Waals surface area (Å²) in [6, 6.07) is -1.08. The van der Waals surface area contributed by atoms with Gasteiger partial charge in [-0.05, 0) is 13.3 Å². The number of aryl methyl sites for hydroxylation is 1. The summed E-state index contributed by atoms with van der Waals surface area (Å²) in [5, 5.41) is 10.00. The maximum absolute atomic E-state index is 11.4. The summed E-state index contributed by atoms with van der Waals surface area (Å²) in [6.07, 6.45) is 2.94. The van der Waals surface area contributed by atoms with Crippen molar-refractivity contribution in [3.63, 3.8) is 0 Å². The molecule has 0 saturated carbocycles. The lowest BCUT2D eigenvalue weighted by atomic mass is 10.1. The Morgan fingerprint density at radius 1 is 1.65 bits per heavy atom. The van der Waals surface area contributed by atoms with Crippen LogP contribution in [0, 0.1) is 0 Å². The van der Waals surface area contributed by atoms with E-state index in [1.165, 1.54) is 6.20 Å². The van der Waals surface area contributed by atoms with Crippen LogP contribution in [0.3, 0.4) is 0 Å². The van der Waals surface area contributed by atoms with Crippen LogP contribution in [-0.2, 0) is 16.1 Å². The molecule has 1 aromatic heterocycles. The fraction of sp³-hybridized carbons (Fsp3) is 0.636. The average Bonchev–Trinajstić information content (AvgIpc) is 2.76. The summed E-state index contributed by atoms with van der Waals surface area (Å²) in [6.45, 7) is 4.68. The van der Waals surface area contributed by atoms with Crippen molar-refractivity contribution in [2.75, 3.05) is 6.61 Å². The van der Waals surface area contributed by atoms with Crippen LogP contribution >= 0.6 is 0 Å². The molecule has 0 aromatic carbocycles. The summed E-state index contributed by atoms with van der Waals surface area (Å²) < 4.78 is 6.55. The van der Waals surface area contributed by atoms with E-state index in [2.05, 4.69) is 4.98 Å². The third-order valence-electron chi connectivity index (χ3n) is 2.41. The maximum atomic E-state index is 11.4. The first-order chi connectivity index (χ1) is 8.11. The highest BCUT2D eigenvalue weighted by Crippen LogP contribution is 2.16. The molecule has 3 N–H and O–H groups in total. The number of carbonyl (C=O) groups excluding carboxylic acids is 1. The molecule has 0 spiro atoms. The van der Waals surface area contributed by atoms with E-state index in [0.29, 0.717) is 5.69 Å². The van der Waals surface area contributed by atoms with Crippen LogP contribution in [0.5, 0.6) is 0 Å². The highest BCUT2D eigenvalue weighted by atomic mass is 16.5. The van der Waals surface area contributed by atoms with Crippen LogP contribution in [0.15, 0.2) is 12.5 Å². The zero-order valence-corrected chi connectivity index (χ0v) is 10.2. The summed E-state index contributed by atoms with van der Waals surface area (Å²) in [5.41, 5.74) is 6.17. The molecule has 6 nitrogen and oxygen atoms in total. The molecule has 0 aliphatic carbocycles. The second-order valence-corrected chi connectivity index (χ2v) is 3.73. The smallest absolute Gasteiger partial charge is 0.326 e. The van der Waals surface area contributed by atoms with E-state index in [9.17, 15) is 9.90 Å². The highest BCUT2D eigenvalue weighted by Gasteiger charge is 2.27. The Kier molecular flexibility index (Phi) is 5.11. The number of imidazole rings is 1. The van der Waals surface area contributed by atoms with Gasteiger partial charge in [-0.25, -0.2) is 4.98 Å². The van der Waals surface area contributed by atoms with Gasteiger partial charge in [0.1, 0.15) is 12.1 Å². The lowest BCUT2D eigenvalue weighted by molar-refractivity contribution is -0.147. The zero-order chi connectivity index (χ0) is 12.8. The minimum atomic E-state index is -1.09. The largest absolute Gasteiger partial charge is 0.465 e. The number of hydrogen-bond donors (Lipinski definition) is 2. The molecule has 1 aromatic rings. The monoisotopic (exact) mass is 241 g/mol. The third-order valence-corrected chi connectivity index (χ3v) is 2.41. The van der Waals surface area contributed by atoms with E-state index < -0.39 is 18.1 Å². The van der Waals surface area contributed by atoms with Crippen molar-refractivity contribution in [3.8, 4) is 0 Å². The Bertz CT molecular complexity index is 365. The van der Waals surface area contributed by atoms with Crippen LogP contribution in [-0.4, -0.2) is 33.3 Å². The Hall–Kier alpha value is -1.40. The number of aliphatic hydroxyl groups is 1. The first-order valence-corrected chi connectivity index (χ1v) is 5.72. The third kappa shape index (κ3) is 3.28. The minimum absolute atomic E-state index is 0.244. The quantitative estimate of drug-likeness (QED) is 0.695. The van der Waals surface area contributed by atoms with Gasteiger partial charge in [-0.15, -0.1) is 0 Å². The molecule has 0 fully saturated rings. The molecule has 0 bridgehead atoms. The number of carbonyl (C=O) groups is 1. The molecule has 0 amide bonds. The minimum Gasteiger partial charge on any atom is -0.465 e. The van der Waals surface area contributed by atoms with Crippen molar-refractivity contribution >= 4 is 5.97 Å². The van der Waals surface area contributed by atoms with Gasteiger partial charge in [0.2, 0.25) is 0 Å². The second-order valence-electron chi connectivity index (χ2n) is 3.73. The van der Waals surface area contributed by atoms with E-state index in [1.54, 1.807) is 17.8 Å². The van der Waals surface area contributed by atoms with Gasteiger partial charge in [0.25, 0.3) is 0 Å². The second kappa shape index (κ2) is 6.36. The number of hydrogen-bond acceptors (Lipinski definition) is 5. The summed E-state index contributed by atoms with van der Waals surface area (Å²) in [4.78, 5) is 15.4. The van der Waals surface area contributed by atoms with Crippen LogP contribution in [0.1, 0.15) is 32.1 Å². The van der Waals surface area contributed by atoms with Crippen LogP contribution in [0.2, 0.25) is 0 Å². The molecule has 0 aliphatic rings. The standard InChI is InChI=1S/C11H19N3O3/c1-3-5-14-7-13-6-8(14)10(15)9(12)11(16)17-4-2/h6-7,9-10,15H,3-5,12H2,1-2H3. The van der Waals surface area contributed by atoms with Crippen LogP contribution in [0.25, 0.3) is 0 Å². The molecule has 1 rings (SSSR count). The molecule has 0 saturated heterocycles. The van der Waals surface area contributed by atoms with E-state index in [-0.39, 0.29) is 6.61 Å². The first kappa shape index (κ1) is 13.7. The number of nitrogens with two attached hydrogens (primary N) is 1. The topological polar surface area (TPSA) is 90.4 Å². The van der Waals surface area contributed by atoms with Crippen LogP contribution in [0.4, 0.5) is 0 Å². The van der Waals surface area contributed by atoms with Crippen molar-refractivity contribution < 1.29 is 14.6 Å². The van der Waals surface area contributed by atoms with Crippen molar-refractivity contribution in [3.05, 3.63) is 18.2 Å². The Morgan fingerprint density at radius 2 is 2.35 bits per heavy atom. The molecule has 17 heavy (non-hydrogen) atoms. The summed E-state index contributed by atoms with van der Waals surface area (Å²) in [5.74, 6) is -0.607. The lowest BCUT2D eigenvalue weighted by Crippen LogP contribution is -2.39. The highest BCUT2D eigenvalue weighted by molar-refractivity contribution is 5.76. The number of aliphatic hydroxyl groups excluding tert-OH is 1. The van der Waals surface area contributed by atoms with Gasteiger partial charge >= 0.3 is 5.97 Å². The lowest BCUT2D eigenvalue weighted by Gasteiger charge is -2.18. The van der Waals surface area contributed by atoms with E-state index in [0.717, 1.165) is 13.0 Å². The number of aromatic nitrogens is 2. The van der Waals surface area contributed by atoms with Crippen molar-refractivity contribution in [2.45, 2.75) is 39.0 Å². The molecule has 2 unspecified atom stereocenters. The molecule has 6 heteroatoms. The van der Waals surface area contributed by atoms with Gasteiger partial charge in [0.15, 0.2) is 0 Å². The summed E-state index contributed by atoms with van der Waals surface area (Å²) in [7, 11) is 0. The predicted octanol–water partition coefficient (Wildman–Crippen LogP) is 0.217. The zero-order valence-electron chi connectivity index (χ0n) is 10.2. The fourth-order valence-corrected chi connectivity index (χ4v) is 1.56. The number of ether oxygens (including phenoxy) is 1. The number of rotatable bonds is 6. The molecular weight excluding hydrogens is 222 g/mol. The Morgan fingerprint density at radius 3 is 2.94 bits per heavy atom.